The summed E-state index contributed by atoms with van der Waals surface area (Å²) in [6.45, 7) is 7.38. The molecule has 0 aliphatic carbocycles. The lowest BCUT2D eigenvalue weighted by Crippen LogP contribution is -2.55. The summed E-state index contributed by atoms with van der Waals surface area (Å²) >= 11 is 0. The summed E-state index contributed by atoms with van der Waals surface area (Å²) in [6, 6.07) is 11.0. The molecule has 2 unspecified atom stereocenters. The van der Waals surface area contributed by atoms with Crippen LogP contribution < -0.4 is 10.6 Å². The molecule has 2 aliphatic rings. The van der Waals surface area contributed by atoms with Crippen molar-refractivity contribution in [2.45, 2.75) is 63.8 Å². The van der Waals surface area contributed by atoms with Gasteiger partial charge in [0.1, 0.15) is 0 Å². The van der Waals surface area contributed by atoms with E-state index >= 15 is 0 Å². The molecule has 0 saturated carbocycles. The van der Waals surface area contributed by atoms with Crippen LogP contribution in [-0.4, -0.2) is 48.3 Å². The number of nitrogens with one attached hydrogen (secondary N) is 2. The molecule has 2 fully saturated rings. The molecular weight excluding hydrogens is 314 g/mol. The Morgan fingerprint density at radius 1 is 1.24 bits per heavy atom. The van der Waals surface area contributed by atoms with Crippen molar-refractivity contribution in [2.75, 3.05) is 19.7 Å². The summed E-state index contributed by atoms with van der Waals surface area (Å²) in [5.74, 6) is 0. The highest BCUT2D eigenvalue weighted by atomic mass is 16.5. The molecule has 0 bridgehead atoms. The summed E-state index contributed by atoms with van der Waals surface area (Å²) in [5, 5.41) is 6.22. The average Bonchev–Trinajstić information content (AvgIpc) is 3.02. The number of rotatable bonds is 6. The second-order valence-electron chi connectivity index (χ2n) is 8.01. The number of ether oxygens (including phenoxy) is 1. The van der Waals surface area contributed by atoms with Crippen LogP contribution in [0.15, 0.2) is 30.3 Å². The summed E-state index contributed by atoms with van der Waals surface area (Å²) in [4.78, 5) is 14.9. The smallest absolute Gasteiger partial charge is 0.315 e. The largest absolute Gasteiger partial charge is 0.374 e. The molecule has 5 nitrogen and oxygen atoms in total. The van der Waals surface area contributed by atoms with Gasteiger partial charge in [-0.2, -0.15) is 0 Å². The highest BCUT2D eigenvalue weighted by molar-refractivity contribution is 5.75. The van der Waals surface area contributed by atoms with Gasteiger partial charge in [-0.05, 0) is 51.6 Å². The fourth-order valence-corrected chi connectivity index (χ4v) is 3.92. The van der Waals surface area contributed by atoms with E-state index in [1.54, 1.807) is 0 Å². The summed E-state index contributed by atoms with van der Waals surface area (Å²) in [7, 11) is 0. The highest BCUT2D eigenvalue weighted by Gasteiger charge is 2.32. The minimum atomic E-state index is -0.396. The molecule has 2 amide bonds. The topological polar surface area (TPSA) is 53.6 Å². The second-order valence-corrected chi connectivity index (χ2v) is 8.01. The van der Waals surface area contributed by atoms with Crippen LogP contribution in [0.5, 0.6) is 0 Å². The number of nitrogens with zero attached hydrogens (tertiary/aromatic N) is 1. The van der Waals surface area contributed by atoms with Gasteiger partial charge in [0.2, 0.25) is 0 Å². The molecule has 3 rings (SSSR count). The third kappa shape index (κ3) is 5.44. The van der Waals surface area contributed by atoms with Gasteiger partial charge >= 0.3 is 6.03 Å². The number of carbonyl (C=O) groups excluding carboxylic acids is 1. The van der Waals surface area contributed by atoms with E-state index < -0.39 is 5.54 Å². The Balaban J connectivity index is 1.38. The number of piperidine rings is 1. The molecule has 2 saturated heterocycles. The molecule has 1 aromatic rings. The maximum absolute atomic E-state index is 12.4. The Hall–Kier alpha value is -1.59. The van der Waals surface area contributed by atoms with Crippen molar-refractivity contribution in [3.63, 3.8) is 0 Å². The van der Waals surface area contributed by atoms with Gasteiger partial charge in [-0.3, -0.25) is 0 Å². The van der Waals surface area contributed by atoms with Crippen molar-refractivity contribution in [2.24, 2.45) is 0 Å². The molecule has 0 radical (unpaired) electrons. The van der Waals surface area contributed by atoms with Gasteiger partial charge in [0.05, 0.1) is 18.8 Å². The van der Waals surface area contributed by atoms with Crippen LogP contribution in [0.4, 0.5) is 4.79 Å². The van der Waals surface area contributed by atoms with Crippen molar-refractivity contribution in [3.05, 3.63) is 35.9 Å². The van der Waals surface area contributed by atoms with E-state index in [0.717, 1.165) is 24.9 Å². The average molecular weight is 345 g/mol. The zero-order valence-electron chi connectivity index (χ0n) is 15.5. The molecule has 2 atom stereocenters. The Bertz CT molecular complexity index is 561. The fraction of sp³-hybridized carbons (Fsp3) is 0.650. The van der Waals surface area contributed by atoms with Crippen LogP contribution in [0.1, 0.15) is 45.1 Å². The second kappa shape index (κ2) is 8.19. The van der Waals surface area contributed by atoms with E-state index in [0.29, 0.717) is 25.3 Å². The molecule has 2 aliphatic heterocycles. The third-order valence-electron chi connectivity index (χ3n) is 5.18. The van der Waals surface area contributed by atoms with Crippen molar-refractivity contribution < 1.29 is 9.53 Å². The van der Waals surface area contributed by atoms with Gasteiger partial charge in [-0.1, -0.05) is 30.3 Å². The quantitative estimate of drug-likeness (QED) is 0.833. The lowest BCUT2D eigenvalue weighted by molar-refractivity contribution is 0.0737. The van der Waals surface area contributed by atoms with Gasteiger partial charge in [0, 0.05) is 18.6 Å². The standard InChI is InChI=1S/C20H31N3O2/c1-20(2,15-25-14-16-7-4-3-5-8-16)22-19(24)21-17-10-12-23-11-6-9-18(23)13-17/h3-5,7-8,17-18H,6,9-15H2,1-2H3,(H2,21,22,24). The molecule has 2 heterocycles. The summed E-state index contributed by atoms with van der Waals surface area (Å²) in [5.41, 5.74) is 0.749. The number of amides is 2. The number of fused-ring (bicyclic) bond motifs is 1. The first-order chi connectivity index (χ1) is 12.0. The van der Waals surface area contributed by atoms with E-state index in [-0.39, 0.29) is 6.03 Å². The first-order valence-electron chi connectivity index (χ1n) is 9.46. The molecule has 25 heavy (non-hydrogen) atoms. The minimum absolute atomic E-state index is 0.0789. The van der Waals surface area contributed by atoms with Gasteiger partial charge in [0.15, 0.2) is 0 Å². The highest BCUT2D eigenvalue weighted by Crippen LogP contribution is 2.26. The predicted molar refractivity (Wildman–Crippen MR) is 99.5 cm³/mol. The molecule has 2 N–H and O–H groups in total. The van der Waals surface area contributed by atoms with Gasteiger partial charge in [0.25, 0.3) is 0 Å². The summed E-state index contributed by atoms with van der Waals surface area (Å²) < 4.78 is 5.78. The van der Waals surface area contributed by atoms with Crippen LogP contribution >= 0.6 is 0 Å². The molecular formula is C20H31N3O2. The summed E-state index contributed by atoms with van der Waals surface area (Å²) in [6.07, 6.45) is 4.71. The number of hydrogen-bond acceptors (Lipinski definition) is 3. The Kier molecular flexibility index (Phi) is 5.97. The normalized spacial score (nSPS) is 23.9. The van der Waals surface area contributed by atoms with E-state index in [9.17, 15) is 4.79 Å². The van der Waals surface area contributed by atoms with Crippen LogP contribution in [0.3, 0.4) is 0 Å². The van der Waals surface area contributed by atoms with Crippen molar-refractivity contribution in [3.8, 4) is 0 Å². The van der Waals surface area contributed by atoms with Crippen LogP contribution in [0.2, 0.25) is 0 Å². The molecule has 1 aromatic carbocycles. The van der Waals surface area contributed by atoms with Crippen molar-refractivity contribution in [1.29, 1.82) is 0 Å². The van der Waals surface area contributed by atoms with Crippen LogP contribution in [0, 0.1) is 0 Å². The number of urea groups is 1. The molecule has 138 valence electrons. The van der Waals surface area contributed by atoms with E-state index in [2.05, 4.69) is 15.5 Å². The van der Waals surface area contributed by atoms with E-state index in [1.165, 1.54) is 19.4 Å². The number of benzene rings is 1. The lowest BCUT2D eigenvalue weighted by Gasteiger charge is -2.36. The fourth-order valence-electron chi connectivity index (χ4n) is 3.92. The van der Waals surface area contributed by atoms with E-state index in [4.69, 9.17) is 4.74 Å². The Morgan fingerprint density at radius 2 is 2.04 bits per heavy atom. The molecule has 5 heteroatoms. The zero-order valence-corrected chi connectivity index (χ0v) is 15.5. The Labute approximate surface area is 151 Å². The number of carbonyl (C=O) groups is 1. The minimum Gasteiger partial charge on any atom is -0.374 e. The monoisotopic (exact) mass is 345 g/mol. The zero-order chi connectivity index (χ0) is 17.7. The van der Waals surface area contributed by atoms with Gasteiger partial charge in [-0.15, -0.1) is 0 Å². The number of hydrogen-bond donors (Lipinski definition) is 2. The third-order valence-corrected chi connectivity index (χ3v) is 5.18. The maximum atomic E-state index is 12.4. The predicted octanol–water partition coefficient (Wildman–Crippen LogP) is 2.91. The van der Waals surface area contributed by atoms with Gasteiger partial charge < -0.3 is 20.3 Å². The maximum Gasteiger partial charge on any atom is 0.315 e. The van der Waals surface area contributed by atoms with Crippen molar-refractivity contribution in [1.82, 2.24) is 15.5 Å². The lowest BCUT2D eigenvalue weighted by atomic mass is 9.98. The Morgan fingerprint density at radius 3 is 2.84 bits per heavy atom. The molecule has 0 aromatic heterocycles. The SMILES string of the molecule is CC(C)(COCc1ccccc1)NC(=O)NC1CCN2CCCC2C1. The van der Waals surface area contributed by atoms with Gasteiger partial charge in [-0.25, -0.2) is 4.79 Å². The van der Waals surface area contributed by atoms with Crippen LogP contribution in [0.25, 0.3) is 0 Å². The molecule has 0 spiro atoms. The van der Waals surface area contributed by atoms with Crippen LogP contribution in [-0.2, 0) is 11.3 Å². The van der Waals surface area contributed by atoms with E-state index in [1.807, 2.05) is 44.2 Å². The first-order valence-corrected chi connectivity index (χ1v) is 9.46. The van der Waals surface area contributed by atoms with Crippen molar-refractivity contribution >= 4 is 6.03 Å². The first kappa shape index (κ1) is 18.2.